The number of hydrogen-bond acceptors (Lipinski definition) is 6. The van der Waals surface area contributed by atoms with Crippen molar-refractivity contribution in [3.63, 3.8) is 0 Å². The largest absolute Gasteiger partial charge is 0.475 e. The zero-order chi connectivity index (χ0) is 13.9. The van der Waals surface area contributed by atoms with Crippen LogP contribution in [-0.4, -0.2) is 43.2 Å². The van der Waals surface area contributed by atoms with Crippen molar-refractivity contribution in [3.05, 3.63) is 17.9 Å². The summed E-state index contributed by atoms with van der Waals surface area (Å²) in [6.45, 7) is -0.638. The Kier molecular flexibility index (Phi) is 4.06. The van der Waals surface area contributed by atoms with E-state index in [1.165, 1.54) is 0 Å². The van der Waals surface area contributed by atoms with E-state index in [4.69, 9.17) is 15.9 Å². The van der Waals surface area contributed by atoms with Crippen molar-refractivity contribution < 1.29 is 32.6 Å². The molecule has 0 aliphatic carbocycles. The average molecular weight is 278 g/mol. The molecule has 1 aromatic heterocycles. The Bertz CT molecular complexity index is 562. The number of furan rings is 1. The molecule has 0 aliphatic heterocycles. The smallest absolute Gasteiger partial charge is 0.371 e. The minimum Gasteiger partial charge on any atom is -0.475 e. The molecule has 10 heteroatoms. The van der Waals surface area contributed by atoms with E-state index in [0.717, 1.165) is 12.1 Å². The highest BCUT2D eigenvalue weighted by atomic mass is 32.2. The second-order valence-electron chi connectivity index (χ2n) is 3.19. The summed E-state index contributed by atoms with van der Waals surface area (Å²) >= 11 is 0. The summed E-state index contributed by atoms with van der Waals surface area (Å²) < 4.78 is 29.5. The Balaban J connectivity index is 2.80. The van der Waals surface area contributed by atoms with Gasteiger partial charge in [-0.3, -0.25) is 4.79 Å². The van der Waals surface area contributed by atoms with Crippen LogP contribution >= 0.6 is 0 Å². The molecule has 1 aromatic rings. The summed E-state index contributed by atoms with van der Waals surface area (Å²) in [5.41, 5.74) is 4.72. The van der Waals surface area contributed by atoms with Gasteiger partial charge in [0.2, 0.25) is 16.8 Å². The minimum absolute atomic E-state index is 0.550. The number of nitrogens with two attached hydrogens (primary N) is 1. The van der Waals surface area contributed by atoms with Gasteiger partial charge in [0.25, 0.3) is 10.0 Å². The van der Waals surface area contributed by atoms with E-state index in [1.807, 2.05) is 4.72 Å². The van der Waals surface area contributed by atoms with Crippen LogP contribution in [-0.2, 0) is 14.8 Å². The third-order valence-corrected chi connectivity index (χ3v) is 3.15. The molecule has 9 nitrogen and oxygen atoms in total. The fraction of sp³-hybridized carbons (Fsp3) is 0.250. The number of sulfonamides is 1. The number of amides is 1. The molecule has 0 aliphatic rings. The number of carboxylic acids is 1. The van der Waals surface area contributed by atoms with Crippen LogP contribution in [0.1, 0.15) is 10.6 Å². The van der Waals surface area contributed by atoms with Crippen LogP contribution < -0.4 is 10.5 Å². The van der Waals surface area contributed by atoms with E-state index in [0.29, 0.717) is 0 Å². The molecule has 0 saturated carbocycles. The van der Waals surface area contributed by atoms with Gasteiger partial charge < -0.3 is 20.4 Å². The van der Waals surface area contributed by atoms with E-state index >= 15 is 0 Å². The molecule has 1 amide bonds. The van der Waals surface area contributed by atoms with Crippen LogP contribution in [0.25, 0.3) is 0 Å². The Morgan fingerprint density at radius 3 is 2.50 bits per heavy atom. The quantitative estimate of drug-likeness (QED) is 0.472. The Labute approximate surface area is 101 Å². The summed E-state index contributed by atoms with van der Waals surface area (Å²) in [6, 6.07) is 1.89. The monoisotopic (exact) mass is 278 g/mol. The summed E-state index contributed by atoms with van der Waals surface area (Å²) in [7, 11) is -4.15. The van der Waals surface area contributed by atoms with Crippen molar-refractivity contribution in [2.75, 3.05) is 6.54 Å². The van der Waals surface area contributed by atoms with Crippen LogP contribution in [0.3, 0.4) is 0 Å². The van der Waals surface area contributed by atoms with Crippen molar-refractivity contribution in [2.24, 2.45) is 5.73 Å². The van der Waals surface area contributed by atoms with Gasteiger partial charge in [-0.15, -0.1) is 0 Å². The van der Waals surface area contributed by atoms with Gasteiger partial charge in [-0.25, -0.2) is 17.9 Å². The molecule has 0 bridgehead atoms. The molecule has 1 heterocycles. The third-order valence-electron chi connectivity index (χ3n) is 1.85. The predicted molar refractivity (Wildman–Crippen MR) is 56.1 cm³/mol. The number of aliphatic hydroxyl groups excluding tert-OH is 1. The van der Waals surface area contributed by atoms with E-state index in [9.17, 15) is 18.0 Å². The summed E-state index contributed by atoms with van der Waals surface area (Å²) in [4.78, 5) is 21.0. The lowest BCUT2D eigenvalue weighted by atomic mass is 10.3. The molecule has 100 valence electrons. The number of aromatic carboxylic acids is 1. The van der Waals surface area contributed by atoms with Gasteiger partial charge in [-0.1, -0.05) is 0 Å². The first-order valence-electron chi connectivity index (χ1n) is 4.54. The van der Waals surface area contributed by atoms with Gasteiger partial charge in [0.05, 0.1) is 0 Å². The molecule has 18 heavy (non-hydrogen) atoms. The molecule has 0 radical (unpaired) electrons. The first kappa shape index (κ1) is 14.2. The Morgan fingerprint density at radius 2 is 2.06 bits per heavy atom. The molecular weight excluding hydrogens is 268 g/mol. The number of carbonyl (C=O) groups excluding carboxylic acids is 1. The summed E-state index contributed by atoms with van der Waals surface area (Å²) in [5.74, 6) is -3.07. The highest BCUT2D eigenvalue weighted by Crippen LogP contribution is 2.13. The first-order chi connectivity index (χ1) is 8.24. The molecule has 0 fully saturated rings. The van der Waals surface area contributed by atoms with Gasteiger partial charge in [0.15, 0.2) is 0 Å². The minimum atomic E-state index is -4.15. The predicted octanol–water partition coefficient (Wildman–Crippen LogP) is -1.90. The number of carbonyl (C=O) groups is 2. The Hall–Kier alpha value is -1.91. The van der Waals surface area contributed by atoms with Gasteiger partial charge in [0, 0.05) is 6.54 Å². The highest BCUT2D eigenvalue weighted by Gasteiger charge is 2.22. The van der Waals surface area contributed by atoms with Crippen molar-refractivity contribution in [1.82, 2.24) is 4.72 Å². The van der Waals surface area contributed by atoms with Gasteiger partial charge in [-0.2, -0.15) is 0 Å². The lowest BCUT2D eigenvalue weighted by molar-refractivity contribution is -0.125. The van der Waals surface area contributed by atoms with E-state index in [1.54, 1.807) is 0 Å². The van der Waals surface area contributed by atoms with Crippen LogP contribution in [0.5, 0.6) is 0 Å². The van der Waals surface area contributed by atoms with Crippen molar-refractivity contribution >= 4 is 21.9 Å². The zero-order valence-electron chi connectivity index (χ0n) is 8.86. The number of rotatable bonds is 6. The van der Waals surface area contributed by atoms with Gasteiger partial charge in [0.1, 0.15) is 6.10 Å². The van der Waals surface area contributed by atoms with Crippen molar-refractivity contribution in [3.8, 4) is 0 Å². The highest BCUT2D eigenvalue weighted by molar-refractivity contribution is 7.89. The maximum absolute atomic E-state index is 11.5. The SMILES string of the molecule is NC(=O)C(O)CNS(=O)(=O)c1ccc(C(=O)O)o1. The lowest BCUT2D eigenvalue weighted by Gasteiger charge is -2.07. The summed E-state index contributed by atoms with van der Waals surface area (Å²) in [5, 5.41) is 16.9. The Morgan fingerprint density at radius 1 is 1.44 bits per heavy atom. The molecule has 1 atom stereocenters. The molecule has 0 saturated heterocycles. The molecule has 1 unspecified atom stereocenters. The number of aliphatic hydroxyl groups is 1. The van der Waals surface area contributed by atoms with Gasteiger partial charge in [-0.05, 0) is 12.1 Å². The number of nitrogens with one attached hydrogen (secondary N) is 1. The first-order valence-corrected chi connectivity index (χ1v) is 6.02. The number of carboxylic acid groups (broad SMARTS) is 1. The molecular formula is C8H10N2O7S. The normalized spacial score (nSPS) is 13.2. The number of primary amides is 1. The maximum atomic E-state index is 11.5. The van der Waals surface area contributed by atoms with Crippen LogP contribution in [0.2, 0.25) is 0 Å². The van der Waals surface area contributed by atoms with E-state index < -0.39 is 45.4 Å². The van der Waals surface area contributed by atoms with Crippen molar-refractivity contribution in [2.45, 2.75) is 11.2 Å². The standard InChI is InChI=1S/C8H10N2O7S/c9-7(12)4(11)3-10-18(15,16)6-2-1-5(17-6)8(13)14/h1-2,4,10-11H,3H2,(H2,9,12)(H,13,14). The van der Waals surface area contributed by atoms with Crippen LogP contribution in [0.15, 0.2) is 21.6 Å². The fourth-order valence-corrected chi connectivity index (χ4v) is 1.91. The molecule has 1 rings (SSSR count). The van der Waals surface area contributed by atoms with Crippen molar-refractivity contribution in [1.29, 1.82) is 0 Å². The lowest BCUT2D eigenvalue weighted by Crippen LogP contribution is -2.39. The molecule has 0 spiro atoms. The van der Waals surface area contributed by atoms with Gasteiger partial charge >= 0.3 is 5.97 Å². The second-order valence-corrected chi connectivity index (χ2v) is 4.89. The fourth-order valence-electron chi connectivity index (χ4n) is 0.940. The molecule has 0 aromatic carbocycles. The zero-order valence-corrected chi connectivity index (χ0v) is 9.68. The maximum Gasteiger partial charge on any atom is 0.371 e. The second kappa shape index (κ2) is 5.16. The topological polar surface area (TPSA) is 160 Å². The third kappa shape index (κ3) is 3.29. The van der Waals surface area contributed by atoms with E-state index in [-0.39, 0.29) is 0 Å². The molecule has 5 N–H and O–H groups in total. The number of hydrogen-bond donors (Lipinski definition) is 4. The summed E-state index contributed by atoms with van der Waals surface area (Å²) in [6.07, 6.45) is -1.69. The average Bonchev–Trinajstić information content (AvgIpc) is 2.75. The van der Waals surface area contributed by atoms with Crippen LogP contribution in [0, 0.1) is 0 Å². The van der Waals surface area contributed by atoms with Crippen LogP contribution in [0.4, 0.5) is 0 Å². The van der Waals surface area contributed by atoms with E-state index in [2.05, 4.69) is 4.42 Å².